The van der Waals surface area contributed by atoms with Crippen molar-refractivity contribution in [3.05, 3.63) is 53.3 Å². The van der Waals surface area contributed by atoms with Gasteiger partial charge in [-0.15, -0.1) is 0 Å². The number of benzene rings is 1. The number of carbonyl (C=O) groups excluding carboxylic acids is 1. The predicted octanol–water partition coefficient (Wildman–Crippen LogP) is 4.89. The average Bonchev–Trinajstić information content (AvgIpc) is 2.83. The van der Waals surface area contributed by atoms with E-state index in [4.69, 9.17) is 0 Å². The molecule has 1 aliphatic carbocycles. The summed E-state index contributed by atoms with van der Waals surface area (Å²) in [4.78, 5) is 16.8. The van der Waals surface area contributed by atoms with Crippen molar-refractivity contribution < 1.29 is 4.79 Å². The highest BCUT2D eigenvalue weighted by Gasteiger charge is 2.16. The van der Waals surface area contributed by atoms with Crippen LogP contribution in [0.4, 0.5) is 11.4 Å². The monoisotopic (exact) mass is 337 g/mol. The molecule has 0 saturated heterocycles. The first-order valence-corrected chi connectivity index (χ1v) is 9.21. The summed E-state index contributed by atoms with van der Waals surface area (Å²) in [5.41, 5.74) is 4.87. The van der Waals surface area contributed by atoms with Crippen LogP contribution < -0.4 is 10.6 Å². The Morgan fingerprint density at radius 2 is 1.60 bits per heavy atom. The smallest absolute Gasteiger partial charge is 0.253 e. The summed E-state index contributed by atoms with van der Waals surface area (Å²) in [6.45, 7) is 4.15. The maximum atomic E-state index is 12.6. The van der Waals surface area contributed by atoms with Gasteiger partial charge in [0.1, 0.15) is 0 Å². The van der Waals surface area contributed by atoms with E-state index in [1.165, 1.54) is 36.8 Å². The van der Waals surface area contributed by atoms with Crippen molar-refractivity contribution in [2.75, 3.05) is 5.32 Å². The lowest BCUT2D eigenvalue weighted by atomic mass is 10.1. The number of carbonyl (C=O) groups is 1. The highest BCUT2D eigenvalue weighted by Crippen LogP contribution is 2.21. The zero-order chi connectivity index (χ0) is 17.6. The van der Waals surface area contributed by atoms with Crippen LogP contribution in [0.2, 0.25) is 0 Å². The van der Waals surface area contributed by atoms with Gasteiger partial charge in [-0.25, -0.2) is 0 Å². The van der Waals surface area contributed by atoms with Crippen LogP contribution in [-0.2, 0) is 0 Å². The summed E-state index contributed by atoms with van der Waals surface area (Å²) in [6.07, 6.45) is 10.5. The van der Waals surface area contributed by atoms with Crippen LogP contribution in [-0.4, -0.2) is 16.9 Å². The SMILES string of the molecule is Cc1cc(C)cc(Nc2cncc(C(=O)NC3CCCCCC3)c2)c1. The van der Waals surface area contributed by atoms with Crippen molar-refractivity contribution in [1.29, 1.82) is 0 Å². The first kappa shape index (κ1) is 17.5. The Balaban J connectivity index is 1.68. The molecule has 25 heavy (non-hydrogen) atoms. The van der Waals surface area contributed by atoms with Gasteiger partial charge in [-0.05, 0) is 56.0 Å². The highest BCUT2D eigenvalue weighted by molar-refractivity contribution is 5.95. The molecular formula is C21H27N3O. The highest BCUT2D eigenvalue weighted by atomic mass is 16.1. The molecule has 1 saturated carbocycles. The molecule has 2 aromatic rings. The molecule has 0 bridgehead atoms. The molecular weight excluding hydrogens is 310 g/mol. The number of nitrogens with zero attached hydrogens (tertiary/aromatic N) is 1. The summed E-state index contributed by atoms with van der Waals surface area (Å²) in [5, 5.41) is 6.53. The lowest BCUT2D eigenvalue weighted by Gasteiger charge is -2.16. The number of hydrogen-bond donors (Lipinski definition) is 2. The van der Waals surface area contributed by atoms with E-state index in [9.17, 15) is 4.79 Å². The number of pyridine rings is 1. The second kappa shape index (κ2) is 8.15. The van der Waals surface area contributed by atoms with Crippen LogP contribution in [0.5, 0.6) is 0 Å². The Kier molecular flexibility index (Phi) is 5.69. The van der Waals surface area contributed by atoms with E-state index in [1.807, 2.05) is 6.07 Å². The van der Waals surface area contributed by atoms with Crippen molar-refractivity contribution in [3.63, 3.8) is 0 Å². The Bertz CT molecular complexity index is 713. The number of hydrogen-bond acceptors (Lipinski definition) is 3. The summed E-state index contributed by atoms with van der Waals surface area (Å²) in [5.74, 6) is -0.0246. The largest absolute Gasteiger partial charge is 0.354 e. The molecule has 132 valence electrons. The molecule has 3 rings (SSSR count). The Labute approximate surface area is 150 Å². The molecule has 1 aromatic heterocycles. The van der Waals surface area contributed by atoms with Gasteiger partial charge in [0.25, 0.3) is 5.91 Å². The average molecular weight is 337 g/mol. The van der Waals surface area contributed by atoms with E-state index >= 15 is 0 Å². The van der Waals surface area contributed by atoms with Crippen molar-refractivity contribution >= 4 is 17.3 Å². The second-order valence-electron chi connectivity index (χ2n) is 7.13. The maximum Gasteiger partial charge on any atom is 0.253 e. The third-order valence-corrected chi connectivity index (χ3v) is 4.70. The van der Waals surface area contributed by atoms with Gasteiger partial charge < -0.3 is 10.6 Å². The quantitative estimate of drug-likeness (QED) is 0.781. The molecule has 4 heteroatoms. The van der Waals surface area contributed by atoms with E-state index in [1.54, 1.807) is 12.4 Å². The van der Waals surface area contributed by atoms with Crippen molar-refractivity contribution in [1.82, 2.24) is 10.3 Å². The number of aromatic nitrogens is 1. The predicted molar refractivity (Wildman–Crippen MR) is 102 cm³/mol. The minimum Gasteiger partial charge on any atom is -0.354 e. The minimum atomic E-state index is -0.0246. The van der Waals surface area contributed by atoms with Crippen LogP contribution in [0, 0.1) is 13.8 Å². The Morgan fingerprint density at radius 3 is 2.28 bits per heavy atom. The molecule has 1 aromatic carbocycles. The van der Waals surface area contributed by atoms with E-state index in [0.717, 1.165) is 24.2 Å². The topological polar surface area (TPSA) is 54.0 Å². The van der Waals surface area contributed by atoms with E-state index < -0.39 is 0 Å². The lowest BCUT2D eigenvalue weighted by Crippen LogP contribution is -2.34. The summed E-state index contributed by atoms with van der Waals surface area (Å²) in [6, 6.07) is 8.49. The van der Waals surface area contributed by atoms with Gasteiger partial charge in [0.15, 0.2) is 0 Å². The van der Waals surface area contributed by atoms with E-state index in [-0.39, 0.29) is 5.91 Å². The number of aryl methyl sites for hydroxylation is 2. The fraction of sp³-hybridized carbons (Fsp3) is 0.429. The first-order valence-electron chi connectivity index (χ1n) is 9.21. The standard InChI is InChI=1S/C21H27N3O/c1-15-9-16(2)11-19(10-15)23-20-12-17(13-22-14-20)21(25)24-18-7-5-3-4-6-8-18/h9-14,18,23H,3-8H2,1-2H3,(H,24,25). The number of anilines is 2. The lowest BCUT2D eigenvalue weighted by molar-refractivity contribution is 0.0933. The molecule has 0 aliphatic heterocycles. The number of rotatable bonds is 4. The summed E-state index contributed by atoms with van der Waals surface area (Å²) in [7, 11) is 0. The van der Waals surface area contributed by atoms with Crippen molar-refractivity contribution in [3.8, 4) is 0 Å². The van der Waals surface area contributed by atoms with Gasteiger partial charge in [0, 0.05) is 17.9 Å². The minimum absolute atomic E-state index is 0.0246. The molecule has 1 heterocycles. The van der Waals surface area contributed by atoms with Crippen LogP contribution in [0.1, 0.15) is 60.0 Å². The fourth-order valence-electron chi connectivity index (χ4n) is 3.54. The van der Waals surface area contributed by atoms with Crippen molar-refractivity contribution in [2.45, 2.75) is 58.4 Å². The number of nitrogens with one attached hydrogen (secondary N) is 2. The van der Waals surface area contributed by atoms with Crippen LogP contribution in [0.25, 0.3) is 0 Å². The third-order valence-electron chi connectivity index (χ3n) is 4.70. The molecule has 1 aliphatic rings. The van der Waals surface area contributed by atoms with Gasteiger partial charge in [0.2, 0.25) is 0 Å². The molecule has 0 radical (unpaired) electrons. The normalized spacial score (nSPS) is 15.4. The van der Waals surface area contributed by atoms with Crippen LogP contribution in [0.3, 0.4) is 0 Å². The molecule has 1 fully saturated rings. The van der Waals surface area contributed by atoms with Crippen LogP contribution >= 0.6 is 0 Å². The van der Waals surface area contributed by atoms with Gasteiger partial charge >= 0.3 is 0 Å². The molecule has 0 atom stereocenters. The molecule has 2 N–H and O–H groups in total. The van der Waals surface area contributed by atoms with Gasteiger partial charge in [-0.2, -0.15) is 0 Å². The molecule has 1 amide bonds. The van der Waals surface area contributed by atoms with E-state index in [2.05, 4.69) is 47.7 Å². The first-order chi connectivity index (χ1) is 12.1. The second-order valence-corrected chi connectivity index (χ2v) is 7.13. The molecule has 0 spiro atoms. The summed E-state index contributed by atoms with van der Waals surface area (Å²) < 4.78 is 0. The van der Waals surface area contributed by atoms with Gasteiger partial charge in [0.05, 0.1) is 17.4 Å². The zero-order valence-corrected chi connectivity index (χ0v) is 15.1. The zero-order valence-electron chi connectivity index (χ0n) is 15.1. The van der Waals surface area contributed by atoms with Gasteiger partial charge in [-0.1, -0.05) is 31.7 Å². The maximum absolute atomic E-state index is 12.6. The van der Waals surface area contributed by atoms with Crippen LogP contribution in [0.15, 0.2) is 36.7 Å². The van der Waals surface area contributed by atoms with Crippen molar-refractivity contribution in [2.24, 2.45) is 0 Å². The van der Waals surface area contributed by atoms with E-state index in [0.29, 0.717) is 11.6 Å². The molecule has 0 unspecified atom stereocenters. The third kappa shape index (κ3) is 5.05. The Morgan fingerprint density at radius 1 is 0.920 bits per heavy atom. The summed E-state index contributed by atoms with van der Waals surface area (Å²) >= 11 is 0. The Hall–Kier alpha value is -2.36. The fourth-order valence-corrected chi connectivity index (χ4v) is 3.54. The molecule has 4 nitrogen and oxygen atoms in total. The van der Waals surface area contributed by atoms with Gasteiger partial charge in [-0.3, -0.25) is 9.78 Å². The number of amides is 1.